The maximum absolute atomic E-state index is 4.53. The van der Waals surface area contributed by atoms with Crippen LogP contribution in [-0.4, -0.2) is 27.7 Å². The maximum atomic E-state index is 4.53. The van der Waals surface area contributed by atoms with Crippen LogP contribution in [0.1, 0.15) is 11.5 Å². The summed E-state index contributed by atoms with van der Waals surface area (Å²) in [6.07, 6.45) is 11.2. The number of benzene rings is 1. The summed E-state index contributed by atoms with van der Waals surface area (Å²) < 4.78 is 0. The highest BCUT2D eigenvalue weighted by molar-refractivity contribution is 5.96. The van der Waals surface area contributed by atoms with Crippen molar-refractivity contribution in [3.63, 3.8) is 0 Å². The highest BCUT2D eigenvalue weighted by atomic mass is 15.3. The first-order valence-electron chi connectivity index (χ1n) is 8.89. The van der Waals surface area contributed by atoms with Crippen LogP contribution in [0, 0.1) is 0 Å². The Morgan fingerprint density at radius 2 is 1.74 bits per heavy atom. The molecule has 1 atom stereocenters. The van der Waals surface area contributed by atoms with Gasteiger partial charge >= 0.3 is 0 Å². The van der Waals surface area contributed by atoms with Crippen LogP contribution < -0.4 is 5.43 Å². The number of nitrogens with one attached hydrogen (secondary N) is 1. The molecule has 0 spiro atoms. The van der Waals surface area contributed by atoms with Crippen molar-refractivity contribution in [2.75, 3.05) is 6.54 Å². The van der Waals surface area contributed by atoms with Crippen molar-refractivity contribution in [3.8, 4) is 22.3 Å². The molecule has 4 aromatic rings. The lowest BCUT2D eigenvalue weighted by Gasteiger charge is -2.11. The molecule has 0 radical (unpaired) electrons. The number of hydrogen-bond donors (Lipinski definition) is 1. The molecule has 5 heteroatoms. The summed E-state index contributed by atoms with van der Waals surface area (Å²) in [7, 11) is 0. The first-order valence-corrected chi connectivity index (χ1v) is 8.89. The van der Waals surface area contributed by atoms with Crippen molar-refractivity contribution >= 4 is 17.1 Å². The molecule has 0 saturated carbocycles. The second-order valence-electron chi connectivity index (χ2n) is 6.58. The van der Waals surface area contributed by atoms with Crippen molar-refractivity contribution in [3.05, 3.63) is 79.0 Å². The Balaban J connectivity index is 1.63. The molecule has 5 nitrogen and oxygen atoms in total. The number of fused-ring (bicyclic) bond motifs is 1. The first kappa shape index (κ1) is 15.6. The summed E-state index contributed by atoms with van der Waals surface area (Å²) in [4.78, 5) is 13.1. The molecule has 1 aliphatic rings. The molecule has 0 fully saturated rings. The quantitative estimate of drug-likeness (QED) is 0.605. The molecule has 4 heterocycles. The second-order valence-corrected chi connectivity index (χ2v) is 6.58. The van der Waals surface area contributed by atoms with Gasteiger partial charge in [-0.05, 0) is 58.7 Å². The summed E-state index contributed by atoms with van der Waals surface area (Å²) >= 11 is 0. The predicted octanol–water partition coefficient (Wildman–Crippen LogP) is 4.03. The van der Waals surface area contributed by atoms with E-state index in [1.807, 2.05) is 49.3 Å². The number of hydrogen-bond acceptors (Lipinski definition) is 5. The Morgan fingerprint density at radius 1 is 0.815 bits per heavy atom. The van der Waals surface area contributed by atoms with Gasteiger partial charge in [-0.1, -0.05) is 6.07 Å². The standard InChI is InChI=1S/C22H17N5/c1-2-22-21(20(5-8-25-22)15-3-6-23-7-4-15)10-16(1)17-9-18(12-24-11-17)19-13-26-27-14-19/h1-13,19,27H,14H2. The highest BCUT2D eigenvalue weighted by Gasteiger charge is 2.14. The van der Waals surface area contributed by atoms with Crippen LogP contribution in [0.4, 0.5) is 0 Å². The second kappa shape index (κ2) is 6.61. The van der Waals surface area contributed by atoms with Crippen LogP contribution in [0.5, 0.6) is 0 Å². The van der Waals surface area contributed by atoms with Crippen molar-refractivity contribution in [2.24, 2.45) is 5.10 Å². The third kappa shape index (κ3) is 2.93. The zero-order chi connectivity index (χ0) is 18.1. The third-order valence-electron chi connectivity index (χ3n) is 4.91. The van der Waals surface area contributed by atoms with Gasteiger partial charge in [-0.15, -0.1) is 0 Å². The molecular weight excluding hydrogens is 334 g/mol. The van der Waals surface area contributed by atoms with E-state index in [0.717, 1.165) is 39.7 Å². The average Bonchev–Trinajstić information content (AvgIpc) is 3.29. The smallest absolute Gasteiger partial charge is 0.0708 e. The molecule has 27 heavy (non-hydrogen) atoms. The molecule has 1 aliphatic heterocycles. The van der Waals surface area contributed by atoms with E-state index in [1.54, 1.807) is 0 Å². The molecule has 0 aliphatic carbocycles. The number of aromatic nitrogens is 3. The molecule has 130 valence electrons. The molecule has 1 unspecified atom stereocenters. The number of nitrogens with zero attached hydrogens (tertiary/aromatic N) is 4. The largest absolute Gasteiger partial charge is 0.309 e. The van der Waals surface area contributed by atoms with Gasteiger partial charge in [0.25, 0.3) is 0 Å². The van der Waals surface area contributed by atoms with E-state index in [-0.39, 0.29) is 5.92 Å². The molecular formula is C22H17N5. The SMILES string of the molecule is C1=NNCC1c1cncc(-c2ccc3nccc(-c4ccncc4)c3c2)c1. The maximum Gasteiger partial charge on any atom is 0.0708 e. The lowest BCUT2D eigenvalue weighted by atomic mass is 9.96. The Morgan fingerprint density at radius 3 is 2.59 bits per heavy atom. The molecule has 0 bridgehead atoms. The van der Waals surface area contributed by atoms with E-state index < -0.39 is 0 Å². The molecule has 1 aromatic carbocycles. The van der Waals surface area contributed by atoms with E-state index in [9.17, 15) is 0 Å². The van der Waals surface area contributed by atoms with E-state index in [2.05, 4.69) is 55.8 Å². The van der Waals surface area contributed by atoms with Crippen LogP contribution in [0.3, 0.4) is 0 Å². The zero-order valence-electron chi connectivity index (χ0n) is 14.6. The predicted molar refractivity (Wildman–Crippen MR) is 107 cm³/mol. The van der Waals surface area contributed by atoms with Gasteiger partial charge in [0.1, 0.15) is 0 Å². The van der Waals surface area contributed by atoms with E-state index in [4.69, 9.17) is 0 Å². The fourth-order valence-corrected chi connectivity index (χ4v) is 3.48. The lowest BCUT2D eigenvalue weighted by Crippen LogP contribution is -2.08. The zero-order valence-corrected chi connectivity index (χ0v) is 14.6. The van der Waals surface area contributed by atoms with Gasteiger partial charge in [-0.3, -0.25) is 15.0 Å². The Hall–Kier alpha value is -3.60. The topological polar surface area (TPSA) is 63.1 Å². The van der Waals surface area contributed by atoms with E-state index >= 15 is 0 Å². The van der Waals surface area contributed by atoms with Gasteiger partial charge in [-0.2, -0.15) is 5.10 Å². The molecule has 3 aromatic heterocycles. The highest BCUT2D eigenvalue weighted by Crippen LogP contribution is 2.31. The monoisotopic (exact) mass is 351 g/mol. The van der Waals surface area contributed by atoms with E-state index in [0.29, 0.717) is 0 Å². The minimum atomic E-state index is 0.270. The number of rotatable bonds is 3. The van der Waals surface area contributed by atoms with Crippen molar-refractivity contribution in [1.29, 1.82) is 0 Å². The Bertz CT molecular complexity index is 1140. The van der Waals surface area contributed by atoms with Gasteiger partial charge in [-0.25, -0.2) is 0 Å². The normalized spacial score (nSPS) is 15.8. The summed E-state index contributed by atoms with van der Waals surface area (Å²) in [6, 6.07) is 14.7. The summed E-state index contributed by atoms with van der Waals surface area (Å²) in [5, 5.41) is 5.23. The number of pyridine rings is 3. The summed E-state index contributed by atoms with van der Waals surface area (Å²) in [5.41, 5.74) is 9.66. The van der Waals surface area contributed by atoms with Gasteiger partial charge in [0.15, 0.2) is 0 Å². The Labute approximate surface area is 156 Å². The minimum Gasteiger partial charge on any atom is -0.309 e. The van der Waals surface area contributed by atoms with Gasteiger partial charge in [0, 0.05) is 60.6 Å². The molecule has 0 saturated heterocycles. The van der Waals surface area contributed by atoms with Crippen LogP contribution in [0.15, 0.2) is 78.6 Å². The summed E-state index contributed by atoms with van der Waals surface area (Å²) in [6.45, 7) is 0.818. The van der Waals surface area contributed by atoms with Crippen molar-refractivity contribution in [2.45, 2.75) is 5.92 Å². The first-order chi connectivity index (χ1) is 13.4. The van der Waals surface area contributed by atoms with Gasteiger partial charge in [0.2, 0.25) is 0 Å². The van der Waals surface area contributed by atoms with Crippen molar-refractivity contribution < 1.29 is 0 Å². The molecule has 0 amide bonds. The van der Waals surface area contributed by atoms with Crippen LogP contribution >= 0.6 is 0 Å². The third-order valence-corrected chi connectivity index (χ3v) is 4.91. The van der Waals surface area contributed by atoms with Crippen LogP contribution in [0.2, 0.25) is 0 Å². The van der Waals surface area contributed by atoms with Crippen LogP contribution in [0.25, 0.3) is 33.2 Å². The van der Waals surface area contributed by atoms with Crippen molar-refractivity contribution in [1.82, 2.24) is 20.4 Å². The van der Waals surface area contributed by atoms with Gasteiger partial charge < -0.3 is 5.43 Å². The average molecular weight is 351 g/mol. The lowest BCUT2D eigenvalue weighted by molar-refractivity contribution is 0.762. The summed E-state index contributed by atoms with van der Waals surface area (Å²) in [5.74, 6) is 0.270. The molecule has 5 rings (SSSR count). The fourth-order valence-electron chi connectivity index (χ4n) is 3.48. The van der Waals surface area contributed by atoms with Gasteiger partial charge in [0.05, 0.1) is 5.52 Å². The minimum absolute atomic E-state index is 0.270. The molecule has 1 N–H and O–H groups in total. The van der Waals surface area contributed by atoms with E-state index in [1.165, 1.54) is 5.56 Å². The number of hydrazone groups is 1. The van der Waals surface area contributed by atoms with Crippen LogP contribution in [-0.2, 0) is 0 Å². The fraction of sp³-hybridized carbons (Fsp3) is 0.0909. The Kier molecular flexibility index (Phi) is 3.83.